The Morgan fingerprint density at radius 1 is 1.44 bits per heavy atom. The van der Waals surface area contributed by atoms with E-state index in [0.717, 1.165) is 6.41 Å². The minimum Gasteiger partial charge on any atom is -0.350 e. The van der Waals surface area contributed by atoms with Crippen LogP contribution in [0.1, 0.15) is 0 Å². The SMILES string of the molecule is C=CN(C=O)[Si](C)(C)C. The molecule has 0 aromatic rings. The topological polar surface area (TPSA) is 20.3 Å². The van der Waals surface area contributed by atoms with Crippen LogP contribution < -0.4 is 0 Å². The lowest BCUT2D eigenvalue weighted by atomic mass is 11.0. The molecule has 1 amide bonds. The maximum atomic E-state index is 10.3. The van der Waals surface area contributed by atoms with Crippen LogP contribution in [0.3, 0.4) is 0 Å². The van der Waals surface area contributed by atoms with E-state index in [1.54, 1.807) is 10.8 Å². The average molecular weight is 143 g/mol. The first-order chi connectivity index (χ1) is 4.02. The number of rotatable bonds is 3. The zero-order chi connectivity index (χ0) is 7.49. The third-order valence-corrected chi connectivity index (χ3v) is 2.92. The van der Waals surface area contributed by atoms with Crippen LogP contribution in [-0.2, 0) is 4.79 Å². The molecular formula is C6H13NOSi. The highest BCUT2D eigenvalue weighted by atomic mass is 28.3. The van der Waals surface area contributed by atoms with Gasteiger partial charge in [-0.1, -0.05) is 26.2 Å². The van der Waals surface area contributed by atoms with Crippen LogP contribution in [0.2, 0.25) is 19.6 Å². The first kappa shape index (κ1) is 8.43. The second-order valence-corrected chi connectivity index (χ2v) is 7.72. The number of nitrogens with zero attached hydrogens (tertiary/aromatic N) is 1. The first-order valence-electron chi connectivity index (χ1n) is 2.88. The highest BCUT2D eigenvalue weighted by molar-refractivity contribution is 6.75. The van der Waals surface area contributed by atoms with Gasteiger partial charge in [0.15, 0.2) is 8.24 Å². The van der Waals surface area contributed by atoms with Crippen LogP contribution in [-0.4, -0.2) is 19.2 Å². The molecule has 0 fully saturated rings. The molecule has 3 heteroatoms. The molecule has 0 spiro atoms. The number of carbonyl (C=O) groups excluding carboxylic acids is 1. The van der Waals surface area contributed by atoms with Gasteiger partial charge in [-0.25, -0.2) is 0 Å². The summed E-state index contributed by atoms with van der Waals surface area (Å²) in [6.07, 6.45) is 2.42. The van der Waals surface area contributed by atoms with E-state index in [1.165, 1.54) is 0 Å². The van der Waals surface area contributed by atoms with Crippen LogP contribution in [0.25, 0.3) is 0 Å². The predicted octanol–water partition coefficient (Wildman–Crippen LogP) is 1.42. The van der Waals surface area contributed by atoms with Crippen molar-refractivity contribution in [2.24, 2.45) is 0 Å². The second kappa shape index (κ2) is 2.82. The monoisotopic (exact) mass is 143 g/mol. The van der Waals surface area contributed by atoms with Gasteiger partial charge in [0, 0.05) is 0 Å². The molecule has 0 aromatic carbocycles. The van der Waals surface area contributed by atoms with Gasteiger partial charge >= 0.3 is 0 Å². The smallest absolute Gasteiger partial charge is 0.205 e. The van der Waals surface area contributed by atoms with Crippen LogP contribution in [0.15, 0.2) is 12.8 Å². The van der Waals surface area contributed by atoms with Crippen molar-refractivity contribution in [2.75, 3.05) is 0 Å². The van der Waals surface area contributed by atoms with Crippen molar-refractivity contribution in [3.8, 4) is 0 Å². The highest BCUT2D eigenvalue weighted by Crippen LogP contribution is 2.05. The van der Waals surface area contributed by atoms with Crippen molar-refractivity contribution in [1.29, 1.82) is 0 Å². The predicted molar refractivity (Wildman–Crippen MR) is 41.4 cm³/mol. The van der Waals surface area contributed by atoms with Crippen LogP contribution in [0.4, 0.5) is 0 Å². The van der Waals surface area contributed by atoms with Gasteiger partial charge in [0.05, 0.1) is 0 Å². The van der Waals surface area contributed by atoms with E-state index in [4.69, 9.17) is 0 Å². The molecule has 2 nitrogen and oxygen atoms in total. The Bertz CT molecular complexity index is 109. The molecule has 0 N–H and O–H groups in total. The van der Waals surface area contributed by atoms with Gasteiger partial charge in [0.1, 0.15) is 0 Å². The molecule has 0 unspecified atom stereocenters. The van der Waals surface area contributed by atoms with E-state index < -0.39 is 8.24 Å². The average Bonchev–Trinajstić information content (AvgIpc) is 1.65. The van der Waals surface area contributed by atoms with Crippen molar-refractivity contribution >= 4 is 14.6 Å². The molecule has 0 bridgehead atoms. The minimum atomic E-state index is -1.44. The summed E-state index contributed by atoms with van der Waals surface area (Å²) in [6.45, 7) is 9.79. The van der Waals surface area contributed by atoms with Gasteiger partial charge < -0.3 is 4.57 Å². The molecule has 0 aromatic heterocycles. The van der Waals surface area contributed by atoms with Crippen LogP contribution >= 0.6 is 0 Å². The lowest BCUT2D eigenvalue weighted by Gasteiger charge is -2.25. The van der Waals surface area contributed by atoms with Gasteiger partial charge in [0.2, 0.25) is 6.41 Å². The second-order valence-electron chi connectivity index (χ2n) is 2.87. The fourth-order valence-electron chi connectivity index (χ4n) is 0.475. The minimum absolute atomic E-state index is 0.833. The molecule has 0 radical (unpaired) electrons. The van der Waals surface area contributed by atoms with Gasteiger partial charge in [-0.3, -0.25) is 4.79 Å². The molecule has 0 saturated carbocycles. The normalized spacial score (nSPS) is 10.6. The summed E-state index contributed by atoms with van der Waals surface area (Å²) in [4.78, 5) is 10.3. The molecule has 0 heterocycles. The Morgan fingerprint density at radius 3 is 1.89 bits per heavy atom. The van der Waals surface area contributed by atoms with E-state index >= 15 is 0 Å². The maximum Gasteiger partial charge on any atom is 0.205 e. The summed E-state index contributed by atoms with van der Waals surface area (Å²) >= 11 is 0. The summed E-state index contributed by atoms with van der Waals surface area (Å²) in [6, 6.07) is 0. The Morgan fingerprint density at radius 2 is 1.89 bits per heavy atom. The van der Waals surface area contributed by atoms with Gasteiger partial charge in [-0.15, -0.1) is 0 Å². The van der Waals surface area contributed by atoms with Gasteiger partial charge in [0.25, 0.3) is 0 Å². The number of amides is 1. The summed E-state index contributed by atoms with van der Waals surface area (Å²) in [5.74, 6) is 0. The Kier molecular flexibility index (Phi) is 2.64. The van der Waals surface area contributed by atoms with Gasteiger partial charge in [-0.2, -0.15) is 0 Å². The quantitative estimate of drug-likeness (QED) is 0.432. The fourth-order valence-corrected chi connectivity index (χ4v) is 1.34. The summed E-state index contributed by atoms with van der Waals surface area (Å²) in [7, 11) is -1.44. The van der Waals surface area contributed by atoms with E-state index in [-0.39, 0.29) is 0 Å². The fraction of sp³-hybridized carbons (Fsp3) is 0.500. The molecule has 0 aliphatic rings. The zero-order valence-corrected chi connectivity index (χ0v) is 7.22. The molecule has 9 heavy (non-hydrogen) atoms. The third-order valence-electron chi connectivity index (χ3n) is 1.08. The molecular weight excluding hydrogens is 130 g/mol. The Labute approximate surface area is 57.3 Å². The van der Waals surface area contributed by atoms with E-state index in [0.29, 0.717) is 0 Å². The van der Waals surface area contributed by atoms with Crippen molar-refractivity contribution in [3.63, 3.8) is 0 Å². The number of carbonyl (C=O) groups is 1. The number of hydrogen-bond donors (Lipinski definition) is 0. The molecule has 0 saturated heterocycles. The lowest BCUT2D eigenvalue weighted by molar-refractivity contribution is -0.113. The van der Waals surface area contributed by atoms with Crippen molar-refractivity contribution in [2.45, 2.75) is 19.6 Å². The summed E-state index contributed by atoms with van der Waals surface area (Å²) in [5, 5.41) is 0. The molecule has 0 aliphatic carbocycles. The van der Waals surface area contributed by atoms with Crippen molar-refractivity contribution < 1.29 is 4.79 Å². The lowest BCUT2D eigenvalue weighted by Crippen LogP contribution is -2.40. The highest BCUT2D eigenvalue weighted by Gasteiger charge is 2.19. The molecule has 0 atom stereocenters. The maximum absolute atomic E-state index is 10.3. The molecule has 52 valence electrons. The Balaban J connectivity index is 4.11. The van der Waals surface area contributed by atoms with Crippen molar-refractivity contribution in [3.05, 3.63) is 12.8 Å². The largest absolute Gasteiger partial charge is 0.350 e. The van der Waals surface area contributed by atoms with Crippen molar-refractivity contribution in [1.82, 2.24) is 4.57 Å². The number of hydrogen-bond acceptors (Lipinski definition) is 1. The molecule has 0 rings (SSSR count). The third kappa shape index (κ3) is 2.46. The van der Waals surface area contributed by atoms with Crippen LogP contribution in [0, 0.1) is 0 Å². The van der Waals surface area contributed by atoms with Crippen LogP contribution in [0.5, 0.6) is 0 Å². The molecule has 0 aliphatic heterocycles. The van der Waals surface area contributed by atoms with E-state index in [9.17, 15) is 4.79 Å². The standard InChI is InChI=1S/C6H13NOSi/c1-5-7(6-8)9(2,3)4/h5-6H,1H2,2-4H3. The van der Waals surface area contributed by atoms with Gasteiger partial charge in [-0.05, 0) is 6.20 Å². The van der Waals surface area contributed by atoms with E-state index in [1.807, 2.05) is 0 Å². The zero-order valence-electron chi connectivity index (χ0n) is 6.22. The van der Waals surface area contributed by atoms with E-state index in [2.05, 4.69) is 26.2 Å². The summed E-state index contributed by atoms with van der Waals surface area (Å²) < 4.78 is 1.66. The Hall–Kier alpha value is -0.573. The first-order valence-corrected chi connectivity index (χ1v) is 6.33. The summed E-state index contributed by atoms with van der Waals surface area (Å²) in [5.41, 5.74) is 0.